The van der Waals surface area contributed by atoms with Crippen molar-refractivity contribution in [1.29, 1.82) is 0 Å². The average molecular weight is 350 g/mol. The zero-order valence-corrected chi connectivity index (χ0v) is 14.8. The van der Waals surface area contributed by atoms with Crippen LogP contribution in [0, 0.1) is 0 Å². The summed E-state index contributed by atoms with van der Waals surface area (Å²) in [5, 5.41) is 0. The molecule has 3 aromatic rings. The number of ether oxygens (including phenoxy) is 1. The molecule has 1 aliphatic rings. The number of hydrogen-bond donors (Lipinski definition) is 0. The third kappa shape index (κ3) is 3.37. The van der Waals surface area contributed by atoms with Gasteiger partial charge in [-0.1, -0.05) is 0 Å². The molecule has 1 aliphatic heterocycles. The first-order valence-corrected chi connectivity index (χ1v) is 8.85. The fraction of sp³-hybridized carbons (Fsp3) is 0.368. The van der Waals surface area contributed by atoms with Crippen molar-refractivity contribution in [1.82, 2.24) is 24.5 Å². The maximum Gasteiger partial charge on any atom is 0.257 e. The van der Waals surface area contributed by atoms with Gasteiger partial charge in [0.25, 0.3) is 5.88 Å². The summed E-state index contributed by atoms with van der Waals surface area (Å²) in [4.78, 5) is 19.8. The first-order chi connectivity index (χ1) is 12.8. The summed E-state index contributed by atoms with van der Waals surface area (Å²) in [5.41, 5.74) is 1.22. The largest absolute Gasteiger partial charge is 0.478 e. The third-order valence-electron chi connectivity index (χ3n) is 4.78. The summed E-state index contributed by atoms with van der Waals surface area (Å²) in [6.07, 6.45) is 13.2. The van der Waals surface area contributed by atoms with Crippen molar-refractivity contribution in [2.75, 3.05) is 25.1 Å². The van der Waals surface area contributed by atoms with E-state index in [9.17, 15) is 0 Å². The Bertz CT molecular complexity index is 850. The van der Waals surface area contributed by atoms with Crippen molar-refractivity contribution >= 4 is 5.82 Å². The number of methoxy groups -OCH3 is 1. The first-order valence-electron chi connectivity index (χ1n) is 8.85. The molecule has 1 atom stereocenters. The van der Waals surface area contributed by atoms with E-state index in [1.54, 1.807) is 19.5 Å². The van der Waals surface area contributed by atoms with Gasteiger partial charge in [0, 0.05) is 62.7 Å². The zero-order chi connectivity index (χ0) is 17.8. The van der Waals surface area contributed by atoms with Crippen LogP contribution in [0.2, 0.25) is 0 Å². The van der Waals surface area contributed by atoms with Crippen molar-refractivity contribution in [2.45, 2.75) is 25.3 Å². The lowest BCUT2D eigenvalue weighted by Gasteiger charge is -2.33. The molecule has 0 N–H and O–H groups in total. The number of imidazole rings is 1. The Kier molecular flexibility index (Phi) is 4.77. The van der Waals surface area contributed by atoms with Gasteiger partial charge in [0.15, 0.2) is 5.82 Å². The minimum Gasteiger partial charge on any atom is -0.478 e. The lowest BCUT2D eigenvalue weighted by atomic mass is 9.97. The van der Waals surface area contributed by atoms with Gasteiger partial charge < -0.3 is 14.2 Å². The van der Waals surface area contributed by atoms with Crippen LogP contribution >= 0.6 is 0 Å². The highest BCUT2D eigenvalue weighted by molar-refractivity contribution is 5.48. The lowest BCUT2D eigenvalue weighted by molar-refractivity contribution is 0.390. The molecule has 0 aliphatic carbocycles. The van der Waals surface area contributed by atoms with E-state index in [0.717, 1.165) is 44.1 Å². The van der Waals surface area contributed by atoms with Crippen molar-refractivity contribution in [2.24, 2.45) is 0 Å². The van der Waals surface area contributed by atoms with Gasteiger partial charge in [0.2, 0.25) is 0 Å². The summed E-state index contributed by atoms with van der Waals surface area (Å²) >= 11 is 0. The van der Waals surface area contributed by atoms with E-state index in [-0.39, 0.29) is 0 Å². The van der Waals surface area contributed by atoms with Crippen LogP contribution in [0.25, 0.3) is 0 Å². The molecule has 1 fully saturated rings. The molecule has 4 heterocycles. The normalized spacial score (nSPS) is 17.3. The number of aromatic nitrogens is 5. The van der Waals surface area contributed by atoms with E-state index in [0.29, 0.717) is 11.8 Å². The molecule has 1 saturated heterocycles. The fourth-order valence-corrected chi connectivity index (χ4v) is 3.56. The summed E-state index contributed by atoms with van der Waals surface area (Å²) in [6.45, 7) is 2.63. The van der Waals surface area contributed by atoms with E-state index in [1.165, 1.54) is 5.56 Å². The summed E-state index contributed by atoms with van der Waals surface area (Å²) in [7, 11) is 1.64. The van der Waals surface area contributed by atoms with Crippen LogP contribution in [0.4, 0.5) is 5.82 Å². The molecule has 134 valence electrons. The molecule has 0 bridgehead atoms. The van der Waals surface area contributed by atoms with Crippen LogP contribution in [0.5, 0.6) is 5.88 Å². The molecule has 0 saturated carbocycles. The van der Waals surface area contributed by atoms with Gasteiger partial charge in [-0.15, -0.1) is 0 Å². The van der Waals surface area contributed by atoms with Gasteiger partial charge >= 0.3 is 0 Å². The molecule has 0 radical (unpaired) electrons. The van der Waals surface area contributed by atoms with E-state index in [1.807, 2.05) is 30.7 Å². The molecule has 26 heavy (non-hydrogen) atoms. The van der Waals surface area contributed by atoms with Crippen LogP contribution in [0.15, 0.2) is 49.3 Å². The summed E-state index contributed by atoms with van der Waals surface area (Å²) in [5.74, 6) is 2.86. The number of hydrogen-bond acceptors (Lipinski definition) is 6. The Balaban J connectivity index is 1.55. The molecular formula is C19H22N6O. The molecule has 3 aromatic heterocycles. The Morgan fingerprint density at radius 2 is 1.92 bits per heavy atom. The van der Waals surface area contributed by atoms with Gasteiger partial charge in [-0.25, -0.2) is 15.0 Å². The SMILES string of the molecule is COc1nccnc1N1CCC[C@H](c2nccn2Cc2ccncc2)C1. The molecule has 0 spiro atoms. The number of pyridine rings is 1. The molecule has 4 rings (SSSR count). The topological polar surface area (TPSA) is 69.0 Å². The lowest BCUT2D eigenvalue weighted by Crippen LogP contribution is -2.36. The minimum atomic E-state index is 0.354. The van der Waals surface area contributed by atoms with E-state index in [2.05, 4.69) is 35.6 Å². The Hall–Kier alpha value is -2.96. The predicted octanol–water partition coefficient (Wildman–Crippen LogP) is 2.51. The summed E-state index contributed by atoms with van der Waals surface area (Å²) < 4.78 is 7.62. The monoisotopic (exact) mass is 350 g/mol. The smallest absolute Gasteiger partial charge is 0.257 e. The maximum atomic E-state index is 5.39. The van der Waals surface area contributed by atoms with E-state index >= 15 is 0 Å². The third-order valence-corrected chi connectivity index (χ3v) is 4.78. The van der Waals surface area contributed by atoms with Gasteiger partial charge in [0.1, 0.15) is 5.82 Å². The van der Waals surface area contributed by atoms with Crippen molar-refractivity contribution in [3.63, 3.8) is 0 Å². The Labute approximate surface area is 152 Å². The second-order valence-corrected chi connectivity index (χ2v) is 6.44. The number of anilines is 1. The van der Waals surface area contributed by atoms with Crippen LogP contribution in [0.3, 0.4) is 0 Å². The van der Waals surface area contributed by atoms with Crippen molar-refractivity contribution in [3.05, 3.63) is 60.7 Å². The molecule has 0 aromatic carbocycles. The summed E-state index contributed by atoms with van der Waals surface area (Å²) in [6, 6.07) is 4.09. The molecular weight excluding hydrogens is 328 g/mol. The zero-order valence-electron chi connectivity index (χ0n) is 14.8. The van der Waals surface area contributed by atoms with E-state index in [4.69, 9.17) is 4.74 Å². The predicted molar refractivity (Wildman–Crippen MR) is 98.3 cm³/mol. The van der Waals surface area contributed by atoms with Gasteiger partial charge in [-0.05, 0) is 30.5 Å². The van der Waals surface area contributed by atoms with Gasteiger partial charge in [0.05, 0.1) is 7.11 Å². The number of piperidine rings is 1. The molecule has 7 heteroatoms. The van der Waals surface area contributed by atoms with Crippen molar-refractivity contribution in [3.8, 4) is 5.88 Å². The standard InChI is InChI=1S/C19H22N6O/c1-26-19-18(21-8-9-23-19)24-11-2-3-16(14-24)17-22-10-12-25(17)13-15-4-6-20-7-5-15/h4-10,12,16H,2-3,11,13-14H2,1H3/t16-/m0/s1. The van der Waals surface area contributed by atoms with Crippen LogP contribution in [-0.4, -0.2) is 44.7 Å². The highest BCUT2D eigenvalue weighted by atomic mass is 16.5. The van der Waals surface area contributed by atoms with Crippen molar-refractivity contribution < 1.29 is 4.74 Å². The molecule has 0 unspecified atom stereocenters. The average Bonchev–Trinajstić information content (AvgIpc) is 3.17. The van der Waals surface area contributed by atoms with Crippen LogP contribution in [0.1, 0.15) is 30.1 Å². The Morgan fingerprint density at radius 1 is 1.08 bits per heavy atom. The van der Waals surface area contributed by atoms with Crippen LogP contribution in [-0.2, 0) is 6.54 Å². The highest BCUT2D eigenvalue weighted by Crippen LogP contribution is 2.31. The Morgan fingerprint density at radius 3 is 2.77 bits per heavy atom. The molecule has 0 amide bonds. The quantitative estimate of drug-likeness (QED) is 0.704. The minimum absolute atomic E-state index is 0.354. The van der Waals surface area contributed by atoms with Gasteiger partial charge in [-0.2, -0.15) is 0 Å². The number of nitrogens with zero attached hydrogens (tertiary/aromatic N) is 6. The maximum absolute atomic E-state index is 5.39. The second kappa shape index (κ2) is 7.51. The second-order valence-electron chi connectivity index (χ2n) is 6.44. The van der Waals surface area contributed by atoms with Gasteiger partial charge in [-0.3, -0.25) is 4.98 Å². The molecule has 7 nitrogen and oxygen atoms in total. The van der Waals surface area contributed by atoms with Crippen LogP contribution < -0.4 is 9.64 Å². The fourth-order valence-electron chi connectivity index (χ4n) is 3.56. The highest BCUT2D eigenvalue weighted by Gasteiger charge is 2.27. The number of rotatable bonds is 5. The first kappa shape index (κ1) is 16.5. The van der Waals surface area contributed by atoms with E-state index < -0.39 is 0 Å².